The first-order valence-corrected chi connectivity index (χ1v) is 9.99. The Morgan fingerprint density at radius 1 is 1.25 bits per heavy atom. The zero-order chi connectivity index (χ0) is 20.1. The van der Waals surface area contributed by atoms with Crippen LogP contribution in [0, 0.1) is 13.8 Å². The zero-order valence-electron chi connectivity index (χ0n) is 15.7. The lowest BCUT2D eigenvalue weighted by molar-refractivity contribution is 0.0945. The number of amides is 1. The van der Waals surface area contributed by atoms with Gasteiger partial charge in [0, 0.05) is 30.5 Å². The van der Waals surface area contributed by atoms with Gasteiger partial charge in [-0.25, -0.2) is 4.68 Å². The molecule has 0 bridgehead atoms. The first-order chi connectivity index (χ1) is 13.4. The standard InChI is InChI=1S/C19H21BrClN5O2/c1-13-10-15(4-5-17(13)21)28-12-26-9-6-18(24-26)19(27)22-7-3-8-25-11-16(20)14(2)23-25/h4-6,9-11H,3,7-8,12H2,1-2H3,(H,22,27). The predicted octanol–water partition coefficient (Wildman–Crippen LogP) is 3.97. The number of rotatable bonds is 8. The van der Waals surface area contributed by atoms with Crippen molar-refractivity contribution in [1.29, 1.82) is 0 Å². The summed E-state index contributed by atoms with van der Waals surface area (Å²) in [5.74, 6) is 0.489. The summed E-state index contributed by atoms with van der Waals surface area (Å²) >= 11 is 9.44. The fraction of sp³-hybridized carbons (Fsp3) is 0.316. The maximum Gasteiger partial charge on any atom is 0.271 e. The summed E-state index contributed by atoms with van der Waals surface area (Å²) in [4.78, 5) is 12.2. The molecule has 0 aliphatic rings. The van der Waals surface area contributed by atoms with Crippen molar-refractivity contribution in [2.45, 2.75) is 33.5 Å². The second-order valence-electron chi connectivity index (χ2n) is 6.36. The smallest absolute Gasteiger partial charge is 0.271 e. The second-order valence-corrected chi connectivity index (χ2v) is 7.62. The third-order valence-corrected chi connectivity index (χ3v) is 5.30. The molecule has 0 radical (unpaired) electrons. The van der Waals surface area contributed by atoms with Gasteiger partial charge < -0.3 is 10.1 Å². The molecule has 1 amide bonds. The predicted molar refractivity (Wildman–Crippen MR) is 111 cm³/mol. The van der Waals surface area contributed by atoms with Gasteiger partial charge in [0.15, 0.2) is 6.73 Å². The Bertz CT molecular complexity index is 950. The third kappa shape index (κ3) is 5.36. The molecule has 1 N–H and O–H groups in total. The SMILES string of the molecule is Cc1cc(OCn2ccc(C(=O)NCCCn3cc(Br)c(C)n3)n2)ccc1Cl. The summed E-state index contributed by atoms with van der Waals surface area (Å²) in [6, 6.07) is 7.11. The Labute approximate surface area is 176 Å². The van der Waals surface area contributed by atoms with Gasteiger partial charge in [-0.1, -0.05) is 11.6 Å². The van der Waals surface area contributed by atoms with Crippen LogP contribution in [-0.4, -0.2) is 32.0 Å². The molecule has 3 rings (SSSR count). The maximum absolute atomic E-state index is 12.2. The van der Waals surface area contributed by atoms with E-state index < -0.39 is 0 Å². The molecule has 3 aromatic rings. The highest BCUT2D eigenvalue weighted by molar-refractivity contribution is 9.10. The Hall–Kier alpha value is -2.32. The number of carbonyl (C=O) groups excluding carboxylic acids is 1. The first-order valence-electron chi connectivity index (χ1n) is 8.82. The van der Waals surface area contributed by atoms with Gasteiger partial charge >= 0.3 is 0 Å². The number of hydrogen-bond donors (Lipinski definition) is 1. The molecule has 2 aromatic heterocycles. The molecular formula is C19H21BrClN5O2. The summed E-state index contributed by atoms with van der Waals surface area (Å²) in [6.45, 7) is 5.34. The fourth-order valence-corrected chi connectivity index (χ4v) is 2.98. The largest absolute Gasteiger partial charge is 0.471 e. The second kappa shape index (κ2) is 9.25. The molecule has 0 atom stereocenters. The molecule has 0 aliphatic carbocycles. The molecule has 28 heavy (non-hydrogen) atoms. The molecule has 2 heterocycles. The molecule has 0 saturated carbocycles. The number of hydrogen-bond acceptors (Lipinski definition) is 4. The average Bonchev–Trinajstić information content (AvgIpc) is 3.26. The van der Waals surface area contributed by atoms with Crippen molar-refractivity contribution < 1.29 is 9.53 Å². The maximum atomic E-state index is 12.2. The van der Waals surface area contributed by atoms with E-state index in [9.17, 15) is 4.79 Å². The topological polar surface area (TPSA) is 74.0 Å². The van der Waals surface area contributed by atoms with Gasteiger partial charge in [-0.15, -0.1) is 0 Å². The Balaban J connectivity index is 1.43. The lowest BCUT2D eigenvalue weighted by atomic mass is 10.2. The van der Waals surface area contributed by atoms with E-state index in [-0.39, 0.29) is 12.6 Å². The van der Waals surface area contributed by atoms with Gasteiger partial charge in [0.25, 0.3) is 5.91 Å². The number of carbonyl (C=O) groups is 1. The number of ether oxygens (including phenoxy) is 1. The van der Waals surface area contributed by atoms with E-state index in [4.69, 9.17) is 16.3 Å². The summed E-state index contributed by atoms with van der Waals surface area (Å²) in [5.41, 5.74) is 2.25. The molecule has 0 aliphatic heterocycles. The minimum atomic E-state index is -0.209. The number of aromatic nitrogens is 4. The van der Waals surface area contributed by atoms with Crippen LogP contribution in [0.1, 0.15) is 28.2 Å². The van der Waals surface area contributed by atoms with Crippen molar-refractivity contribution in [3.63, 3.8) is 0 Å². The minimum Gasteiger partial charge on any atom is -0.471 e. The normalized spacial score (nSPS) is 10.9. The van der Waals surface area contributed by atoms with Crippen molar-refractivity contribution in [3.05, 3.63) is 63.1 Å². The highest BCUT2D eigenvalue weighted by atomic mass is 79.9. The summed E-state index contributed by atoms with van der Waals surface area (Å²) in [5, 5.41) is 12.2. The van der Waals surface area contributed by atoms with Crippen LogP contribution >= 0.6 is 27.5 Å². The Morgan fingerprint density at radius 2 is 2.07 bits per heavy atom. The van der Waals surface area contributed by atoms with Crippen molar-refractivity contribution in [1.82, 2.24) is 24.9 Å². The van der Waals surface area contributed by atoms with E-state index >= 15 is 0 Å². The summed E-state index contributed by atoms with van der Waals surface area (Å²) in [7, 11) is 0. The lowest BCUT2D eigenvalue weighted by Crippen LogP contribution is -2.26. The van der Waals surface area contributed by atoms with E-state index in [0.29, 0.717) is 23.0 Å². The van der Waals surface area contributed by atoms with E-state index in [1.54, 1.807) is 29.1 Å². The van der Waals surface area contributed by atoms with E-state index in [0.717, 1.165) is 28.7 Å². The molecule has 1 aromatic carbocycles. The van der Waals surface area contributed by atoms with Crippen LogP contribution < -0.4 is 10.1 Å². The van der Waals surface area contributed by atoms with Crippen molar-refractivity contribution in [2.75, 3.05) is 6.54 Å². The van der Waals surface area contributed by atoms with Gasteiger partial charge in [0.1, 0.15) is 11.4 Å². The number of halogens is 2. The van der Waals surface area contributed by atoms with E-state index in [2.05, 4.69) is 31.4 Å². The highest BCUT2D eigenvalue weighted by Gasteiger charge is 2.09. The monoisotopic (exact) mass is 465 g/mol. The van der Waals surface area contributed by atoms with Gasteiger partial charge in [0.05, 0.1) is 10.2 Å². The van der Waals surface area contributed by atoms with Crippen molar-refractivity contribution in [2.24, 2.45) is 0 Å². The van der Waals surface area contributed by atoms with Crippen LogP contribution in [0.25, 0.3) is 0 Å². The molecule has 9 heteroatoms. The molecule has 0 unspecified atom stereocenters. The first kappa shape index (κ1) is 20.4. The summed E-state index contributed by atoms with van der Waals surface area (Å²) < 4.78 is 10.1. The Morgan fingerprint density at radius 3 is 2.79 bits per heavy atom. The van der Waals surface area contributed by atoms with E-state index in [1.807, 2.05) is 30.8 Å². The van der Waals surface area contributed by atoms with Crippen LogP contribution in [0.4, 0.5) is 0 Å². The average molecular weight is 467 g/mol. The minimum absolute atomic E-state index is 0.209. The van der Waals surface area contributed by atoms with Gasteiger partial charge in [-0.3, -0.25) is 9.48 Å². The molecular weight excluding hydrogens is 446 g/mol. The van der Waals surface area contributed by atoms with Crippen LogP contribution in [-0.2, 0) is 13.3 Å². The van der Waals surface area contributed by atoms with Gasteiger partial charge in [-0.05, 0) is 66.0 Å². The van der Waals surface area contributed by atoms with Gasteiger partial charge in [-0.2, -0.15) is 10.2 Å². The third-order valence-electron chi connectivity index (χ3n) is 4.10. The quantitative estimate of drug-likeness (QED) is 0.510. The molecule has 0 saturated heterocycles. The van der Waals surface area contributed by atoms with E-state index in [1.165, 1.54) is 0 Å². The number of aryl methyl sites for hydroxylation is 3. The molecule has 7 nitrogen and oxygen atoms in total. The molecule has 148 valence electrons. The number of nitrogens with one attached hydrogen (secondary N) is 1. The van der Waals surface area contributed by atoms with Crippen LogP contribution in [0.3, 0.4) is 0 Å². The number of nitrogens with zero attached hydrogens (tertiary/aromatic N) is 4. The summed E-state index contributed by atoms with van der Waals surface area (Å²) in [6.07, 6.45) is 4.42. The number of benzene rings is 1. The van der Waals surface area contributed by atoms with Crippen LogP contribution in [0.15, 0.2) is 41.1 Å². The molecule has 0 spiro atoms. The zero-order valence-corrected chi connectivity index (χ0v) is 18.0. The lowest BCUT2D eigenvalue weighted by Gasteiger charge is -2.07. The van der Waals surface area contributed by atoms with Gasteiger partial charge in [0.2, 0.25) is 0 Å². The highest BCUT2D eigenvalue weighted by Crippen LogP contribution is 2.21. The van der Waals surface area contributed by atoms with Crippen LogP contribution in [0.2, 0.25) is 5.02 Å². The fourth-order valence-electron chi connectivity index (χ4n) is 2.54. The van der Waals surface area contributed by atoms with Crippen molar-refractivity contribution in [3.8, 4) is 5.75 Å². The molecule has 0 fully saturated rings. The Kier molecular flexibility index (Phi) is 6.74. The van der Waals surface area contributed by atoms with Crippen LogP contribution in [0.5, 0.6) is 5.75 Å². The van der Waals surface area contributed by atoms with Crippen molar-refractivity contribution >= 4 is 33.4 Å².